The molecule has 0 radical (unpaired) electrons. The van der Waals surface area contributed by atoms with E-state index in [9.17, 15) is 10.1 Å². The highest BCUT2D eigenvalue weighted by Crippen LogP contribution is 2.22. The van der Waals surface area contributed by atoms with Gasteiger partial charge >= 0.3 is 0 Å². The van der Waals surface area contributed by atoms with Crippen molar-refractivity contribution < 1.29 is 4.92 Å². The van der Waals surface area contributed by atoms with E-state index < -0.39 is 4.92 Å². The van der Waals surface area contributed by atoms with E-state index in [0.717, 1.165) is 10.5 Å². The largest absolute Gasteiger partial charge is 0.377 e. The van der Waals surface area contributed by atoms with E-state index >= 15 is 0 Å². The zero-order valence-electron chi connectivity index (χ0n) is 10.8. The van der Waals surface area contributed by atoms with Crippen LogP contribution in [0.5, 0.6) is 0 Å². The maximum atomic E-state index is 10.8. The van der Waals surface area contributed by atoms with Crippen molar-refractivity contribution in [3.63, 3.8) is 0 Å². The molecular weight excluding hydrogens is 264 g/mol. The lowest BCUT2D eigenvalue weighted by Gasteiger charge is -2.14. The van der Waals surface area contributed by atoms with Crippen LogP contribution in [-0.2, 0) is 0 Å². The minimum Gasteiger partial charge on any atom is -0.377 e. The van der Waals surface area contributed by atoms with E-state index in [0.29, 0.717) is 5.56 Å². The molecule has 10 heteroatoms. The fourth-order valence-electron chi connectivity index (χ4n) is 1.55. The van der Waals surface area contributed by atoms with E-state index in [4.69, 9.17) is 5.73 Å². The van der Waals surface area contributed by atoms with Crippen molar-refractivity contribution in [3.8, 4) is 0 Å². The van der Waals surface area contributed by atoms with Gasteiger partial charge in [0.05, 0.1) is 11.1 Å². The van der Waals surface area contributed by atoms with Gasteiger partial charge in [0, 0.05) is 37.5 Å². The van der Waals surface area contributed by atoms with Crippen molar-refractivity contribution in [2.24, 2.45) is 5.10 Å². The van der Waals surface area contributed by atoms with Crippen LogP contribution in [0.1, 0.15) is 5.56 Å². The van der Waals surface area contributed by atoms with Gasteiger partial charge in [0.15, 0.2) is 0 Å². The highest BCUT2D eigenvalue weighted by Gasteiger charge is 2.11. The average molecular weight is 276 g/mol. The summed E-state index contributed by atoms with van der Waals surface area (Å²) in [5.74, 6) is 0.0260. The Hall–Kier alpha value is -3.04. The normalized spacial score (nSPS) is 10.9. The molecule has 104 valence electrons. The number of nitrogens with two attached hydrogens (primary N) is 1. The number of benzene rings is 1. The van der Waals surface area contributed by atoms with Crippen molar-refractivity contribution >= 4 is 23.5 Å². The number of nitro benzene ring substituents is 1. The number of non-ortho nitro benzene ring substituents is 1. The van der Waals surface area contributed by atoms with E-state index in [1.165, 1.54) is 18.3 Å². The summed E-state index contributed by atoms with van der Waals surface area (Å²) < 4.78 is 0. The number of rotatable bonds is 4. The molecule has 2 aromatic rings. The Morgan fingerprint density at radius 2 is 2.25 bits per heavy atom. The molecule has 0 aliphatic carbocycles. The molecule has 0 fully saturated rings. The first-order valence-corrected chi connectivity index (χ1v) is 5.53. The van der Waals surface area contributed by atoms with Crippen LogP contribution >= 0.6 is 0 Å². The number of hydrogen-bond donors (Lipinski definition) is 1. The van der Waals surface area contributed by atoms with Crippen molar-refractivity contribution in [1.29, 1.82) is 0 Å². The lowest BCUT2D eigenvalue weighted by Crippen LogP contribution is -2.11. The van der Waals surface area contributed by atoms with Crippen molar-refractivity contribution in [2.75, 3.05) is 24.7 Å². The Bertz CT molecular complexity index is 663. The second-order valence-corrected chi connectivity index (χ2v) is 4.07. The first-order chi connectivity index (χ1) is 9.49. The zero-order valence-corrected chi connectivity index (χ0v) is 10.8. The van der Waals surface area contributed by atoms with Gasteiger partial charge in [-0.3, -0.25) is 10.1 Å². The summed E-state index contributed by atoms with van der Waals surface area (Å²) in [5, 5.41) is 25.1. The highest BCUT2D eigenvalue weighted by molar-refractivity contribution is 5.89. The van der Waals surface area contributed by atoms with Crippen LogP contribution in [0.25, 0.3) is 0 Å². The molecule has 0 atom stereocenters. The van der Waals surface area contributed by atoms with Gasteiger partial charge in [0.25, 0.3) is 11.6 Å². The van der Waals surface area contributed by atoms with Gasteiger partial charge in [0.2, 0.25) is 0 Å². The maximum Gasteiger partial charge on any atom is 0.270 e. The standard InChI is InChI=1S/C10H12N8O2/c1-16(2)9-4-3-8(18(19)20)5-7(9)6-12-17-10(11)13-14-15-17/h3-6H,1-2H3,(H2,11,13,15)/b12-6-. The monoisotopic (exact) mass is 276 g/mol. The number of nitrogen functional groups attached to an aromatic ring is 1. The van der Waals surface area contributed by atoms with Crippen LogP contribution in [0.15, 0.2) is 23.3 Å². The number of tetrazole rings is 1. The Balaban J connectivity index is 2.42. The quantitative estimate of drug-likeness (QED) is 0.476. The summed E-state index contributed by atoms with van der Waals surface area (Å²) in [7, 11) is 3.65. The Labute approximate surface area is 113 Å². The number of anilines is 2. The van der Waals surface area contributed by atoms with Crippen LogP contribution < -0.4 is 10.6 Å². The number of aromatic nitrogens is 4. The minimum absolute atomic E-state index is 0.0260. The molecule has 1 aromatic heterocycles. The summed E-state index contributed by atoms with van der Waals surface area (Å²) in [6.07, 6.45) is 1.41. The molecule has 2 N–H and O–H groups in total. The summed E-state index contributed by atoms with van der Waals surface area (Å²) in [6, 6.07) is 4.49. The molecule has 0 aliphatic rings. The molecule has 0 aliphatic heterocycles. The van der Waals surface area contributed by atoms with Gasteiger partial charge in [-0.2, -0.15) is 5.10 Å². The zero-order chi connectivity index (χ0) is 14.7. The molecule has 0 saturated carbocycles. The molecule has 2 rings (SSSR count). The van der Waals surface area contributed by atoms with Gasteiger partial charge in [-0.05, 0) is 16.5 Å². The lowest BCUT2D eigenvalue weighted by molar-refractivity contribution is -0.384. The summed E-state index contributed by atoms with van der Waals surface area (Å²) in [4.78, 5) is 13.2. The lowest BCUT2D eigenvalue weighted by atomic mass is 10.1. The van der Waals surface area contributed by atoms with Crippen LogP contribution in [0, 0.1) is 10.1 Å². The van der Waals surface area contributed by atoms with Crippen molar-refractivity contribution in [2.45, 2.75) is 0 Å². The number of nitrogens with zero attached hydrogens (tertiary/aromatic N) is 7. The third-order valence-electron chi connectivity index (χ3n) is 2.49. The van der Waals surface area contributed by atoms with Gasteiger partial charge in [-0.1, -0.05) is 9.89 Å². The average Bonchev–Trinajstić information content (AvgIpc) is 2.81. The predicted molar refractivity (Wildman–Crippen MR) is 72.6 cm³/mol. The van der Waals surface area contributed by atoms with Gasteiger partial charge in [-0.15, -0.1) is 0 Å². The fourth-order valence-corrected chi connectivity index (χ4v) is 1.55. The summed E-state index contributed by atoms with van der Waals surface area (Å²) >= 11 is 0. The van der Waals surface area contributed by atoms with E-state index in [2.05, 4.69) is 20.6 Å². The second kappa shape index (κ2) is 5.30. The molecule has 0 spiro atoms. The maximum absolute atomic E-state index is 10.8. The number of nitro groups is 1. The molecule has 1 aromatic carbocycles. The van der Waals surface area contributed by atoms with E-state index in [1.54, 1.807) is 6.07 Å². The Morgan fingerprint density at radius 1 is 1.50 bits per heavy atom. The van der Waals surface area contributed by atoms with E-state index in [-0.39, 0.29) is 11.6 Å². The molecule has 10 nitrogen and oxygen atoms in total. The van der Waals surface area contributed by atoms with E-state index in [1.807, 2.05) is 19.0 Å². The van der Waals surface area contributed by atoms with Gasteiger partial charge in [0.1, 0.15) is 0 Å². The summed E-state index contributed by atoms with van der Waals surface area (Å²) in [5.41, 5.74) is 6.77. The van der Waals surface area contributed by atoms with Crippen molar-refractivity contribution in [3.05, 3.63) is 33.9 Å². The van der Waals surface area contributed by atoms with Crippen molar-refractivity contribution in [1.82, 2.24) is 20.3 Å². The number of hydrogen-bond acceptors (Lipinski definition) is 8. The third kappa shape index (κ3) is 2.68. The highest BCUT2D eigenvalue weighted by atomic mass is 16.6. The van der Waals surface area contributed by atoms with Crippen LogP contribution in [0.2, 0.25) is 0 Å². The molecule has 1 heterocycles. The molecule has 0 bridgehead atoms. The van der Waals surface area contributed by atoms with Gasteiger partial charge < -0.3 is 10.6 Å². The van der Waals surface area contributed by atoms with Crippen LogP contribution in [0.4, 0.5) is 17.3 Å². The third-order valence-corrected chi connectivity index (χ3v) is 2.49. The first-order valence-electron chi connectivity index (χ1n) is 5.53. The van der Waals surface area contributed by atoms with Gasteiger partial charge in [-0.25, -0.2) is 0 Å². The molecule has 0 amide bonds. The summed E-state index contributed by atoms with van der Waals surface area (Å²) in [6.45, 7) is 0. The first kappa shape index (κ1) is 13.4. The molecule has 0 unspecified atom stereocenters. The smallest absolute Gasteiger partial charge is 0.270 e. The SMILES string of the molecule is CN(C)c1ccc([N+](=O)[O-])cc1/C=N\n1nnnc1N. The molecular formula is C10H12N8O2. The minimum atomic E-state index is -0.470. The topological polar surface area (TPSA) is 128 Å². The molecule has 20 heavy (non-hydrogen) atoms. The van der Waals surface area contributed by atoms with Crippen LogP contribution in [-0.4, -0.2) is 45.5 Å². The Kier molecular flexibility index (Phi) is 3.55. The predicted octanol–water partition coefficient (Wildman–Crippen LogP) is 0.112. The second-order valence-electron chi connectivity index (χ2n) is 4.07. The Morgan fingerprint density at radius 3 is 2.80 bits per heavy atom. The fraction of sp³-hybridized carbons (Fsp3) is 0.200. The molecule has 0 saturated heterocycles. The van der Waals surface area contributed by atoms with Crippen LogP contribution in [0.3, 0.4) is 0 Å².